The molecular formula is C20H26N4O3. The minimum Gasteiger partial charge on any atom is -0.494 e. The first-order valence-electron chi connectivity index (χ1n) is 9.39. The van der Waals surface area contributed by atoms with Crippen molar-refractivity contribution in [3.05, 3.63) is 36.0 Å². The summed E-state index contributed by atoms with van der Waals surface area (Å²) in [5, 5.41) is 3.44. The Balaban J connectivity index is 1.71. The zero-order valence-corrected chi connectivity index (χ0v) is 15.6. The number of hydrogen-bond donors (Lipinski definition) is 2. The summed E-state index contributed by atoms with van der Waals surface area (Å²) in [5.74, 6) is 0.333. The maximum atomic E-state index is 12.7. The first-order valence-corrected chi connectivity index (χ1v) is 9.39. The number of benzene rings is 1. The predicted molar refractivity (Wildman–Crippen MR) is 104 cm³/mol. The molecule has 3 N–H and O–H groups in total. The first-order chi connectivity index (χ1) is 13.1. The fraction of sp³-hybridized carbons (Fsp3) is 0.450. The average Bonchev–Trinajstić information content (AvgIpc) is 3.11. The fourth-order valence-electron chi connectivity index (χ4n) is 3.34. The third-order valence-corrected chi connectivity index (χ3v) is 4.85. The lowest BCUT2D eigenvalue weighted by Crippen LogP contribution is -2.41. The maximum absolute atomic E-state index is 12.7. The molecule has 1 aliphatic heterocycles. The van der Waals surface area contributed by atoms with Gasteiger partial charge in [-0.15, -0.1) is 0 Å². The molecule has 1 aromatic carbocycles. The monoisotopic (exact) mass is 370 g/mol. The van der Waals surface area contributed by atoms with Gasteiger partial charge in [-0.3, -0.25) is 14.6 Å². The van der Waals surface area contributed by atoms with Gasteiger partial charge in [0.05, 0.1) is 24.2 Å². The summed E-state index contributed by atoms with van der Waals surface area (Å²) in [6, 6.07) is 7.35. The van der Waals surface area contributed by atoms with Crippen molar-refractivity contribution in [2.24, 2.45) is 5.73 Å². The van der Waals surface area contributed by atoms with Gasteiger partial charge in [0.25, 0.3) is 5.91 Å². The number of ether oxygens (including phenoxy) is 1. The van der Waals surface area contributed by atoms with Crippen LogP contribution in [0.2, 0.25) is 0 Å². The second-order valence-corrected chi connectivity index (χ2v) is 6.79. The summed E-state index contributed by atoms with van der Waals surface area (Å²) < 4.78 is 5.67. The van der Waals surface area contributed by atoms with Crippen LogP contribution in [-0.4, -0.2) is 54.0 Å². The molecule has 0 saturated carbocycles. The van der Waals surface area contributed by atoms with E-state index in [9.17, 15) is 9.59 Å². The molecule has 0 bridgehead atoms. The number of amides is 2. The number of likely N-dealkylation sites (tertiary alicyclic amines) is 1. The van der Waals surface area contributed by atoms with E-state index in [1.807, 2.05) is 24.0 Å². The summed E-state index contributed by atoms with van der Waals surface area (Å²) in [6.45, 7) is 3.88. The second-order valence-electron chi connectivity index (χ2n) is 6.79. The highest BCUT2D eigenvalue weighted by Crippen LogP contribution is 2.23. The van der Waals surface area contributed by atoms with E-state index >= 15 is 0 Å². The molecule has 1 aliphatic rings. The second kappa shape index (κ2) is 8.81. The summed E-state index contributed by atoms with van der Waals surface area (Å²) in [4.78, 5) is 31.1. The van der Waals surface area contributed by atoms with E-state index in [0.29, 0.717) is 35.4 Å². The molecule has 0 radical (unpaired) electrons. The summed E-state index contributed by atoms with van der Waals surface area (Å²) in [5.41, 5.74) is 6.67. The number of fused-ring (bicyclic) bond motifs is 1. The van der Waals surface area contributed by atoms with Crippen molar-refractivity contribution in [2.45, 2.75) is 32.2 Å². The van der Waals surface area contributed by atoms with E-state index in [0.717, 1.165) is 25.8 Å². The zero-order valence-electron chi connectivity index (χ0n) is 15.6. The Kier molecular flexibility index (Phi) is 6.24. The first kappa shape index (κ1) is 19.1. The van der Waals surface area contributed by atoms with E-state index in [2.05, 4.69) is 10.3 Å². The van der Waals surface area contributed by atoms with Gasteiger partial charge in [0.2, 0.25) is 5.91 Å². The van der Waals surface area contributed by atoms with Crippen LogP contribution >= 0.6 is 0 Å². The quantitative estimate of drug-likeness (QED) is 0.723. The zero-order chi connectivity index (χ0) is 19.2. The molecule has 2 heterocycles. The van der Waals surface area contributed by atoms with Gasteiger partial charge < -0.3 is 20.7 Å². The molecule has 2 amide bonds. The molecule has 7 nitrogen and oxygen atoms in total. The van der Waals surface area contributed by atoms with Crippen molar-refractivity contribution in [3.8, 4) is 5.75 Å². The van der Waals surface area contributed by atoms with Crippen LogP contribution in [-0.2, 0) is 4.79 Å². The van der Waals surface area contributed by atoms with Crippen LogP contribution in [0.1, 0.15) is 36.5 Å². The van der Waals surface area contributed by atoms with Crippen LogP contribution in [0.4, 0.5) is 0 Å². The molecule has 1 aromatic heterocycles. The van der Waals surface area contributed by atoms with E-state index in [1.165, 1.54) is 0 Å². The molecule has 1 saturated heterocycles. The summed E-state index contributed by atoms with van der Waals surface area (Å²) in [7, 11) is 0. The third-order valence-electron chi connectivity index (χ3n) is 4.85. The molecule has 27 heavy (non-hydrogen) atoms. The van der Waals surface area contributed by atoms with Gasteiger partial charge in [0, 0.05) is 24.2 Å². The van der Waals surface area contributed by atoms with Crippen molar-refractivity contribution in [2.75, 3.05) is 26.2 Å². The van der Waals surface area contributed by atoms with Crippen molar-refractivity contribution < 1.29 is 14.3 Å². The molecule has 1 atom stereocenters. The van der Waals surface area contributed by atoms with Crippen molar-refractivity contribution in [3.63, 3.8) is 0 Å². The van der Waals surface area contributed by atoms with Crippen LogP contribution in [0, 0.1) is 0 Å². The van der Waals surface area contributed by atoms with Gasteiger partial charge in [0.1, 0.15) is 5.75 Å². The van der Waals surface area contributed by atoms with Crippen LogP contribution in [0.15, 0.2) is 30.5 Å². The number of nitrogens with two attached hydrogens (primary N) is 1. The van der Waals surface area contributed by atoms with Crippen LogP contribution in [0.25, 0.3) is 10.9 Å². The Morgan fingerprint density at radius 1 is 1.37 bits per heavy atom. The Morgan fingerprint density at radius 2 is 2.22 bits per heavy atom. The number of pyridine rings is 1. The molecule has 2 aromatic rings. The minimum absolute atomic E-state index is 0.000317. The van der Waals surface area contributed by atoms with Crippen molar-refractivity contribution in [1.29, 1.82) is 0 Å². The van der Waals surface area contributed by atoms with Gasteiger partial charge in [0.15, 0.2) is 0 Å². The highest BCUT2D eigenvalue weighted by molar-refractivity contribution is 6.07. The molecule has 0 unspecified atom stereocenters. The number of carbonyl (C=O) groups is 2. The van der Waals surface area contributed by atoms with Gasteiger partial charge in [-0.1, -0.05) is 0 Å². The maximum Gasteiger partial charge on any atom is 0.252 e. The molecule has 3 rings (SSSR count). The normalized spacial score (nSPS) is 16.5. The molecule has 1 fully saturated rings. The number of aromatic nitrogens is 1. The molecule has 144 valence electrons. The van der Waals surface area contributed by atoms with Crippen molar-refractivity contribution in [1.82, 2.24) is 15.2 Å². The SMILES string of the molecule is C[C@@H]1CCCN1C(=O)CNC(=O)c1ccnc2ccc(OCCCN)cc12. The fourth-order valence-corrected chi connectivity index (χ4v) is 3.34. The largest absolute Gasteiger partial charge is 0.494 e. The van der Waals surface area contributed by atoms with E-state index in [4.69, 9.17) is 10.5 Å². The topological polar surface area (TPSA) is 97.5 Å². The van der Waals surface area contributed by atoms with Gasteiger partial charge in [-0.2, -0.15) is 0 Å². The summed E-state index contributed by atoms with van der Waals surface area (Å²) >= 11 is 0. The van der Waals surface area contributed by atoms with Gasteiger partial charge in [-0.05, 0) is 57.0 Å². The van der Waals surface area contributed by atoms with Gasteiger partial charge in [-0.25, -0.2) is 0 Å². The molecule has 0 spiro atoms. The average molecular weight is 370 g/mol. The Morgan fingerprint density at radius 3 is 2.96 bits per heavy atom. The number of rotatable bonds is 7. The Labute approximate surface area is 158 Å². The third kappa shape index (κ3) is 4.54. The smallest absolute Gasteiger partial charge is 0.252 e. The van der Waals surface area contributed by atoms with E-state index in [-0.39, 0.29) is 24.4 Å². The Bertz CT molecular complexity index is 824. The van der Waals surface area contributed by atoms with Crippen LogP contribution in [0.5, 0.6) is 5.75 Å². The highest BCUT2D eigenvalue weighted by atomic mass is 16.5. The van der Waals surface area contributed by atoms with Crippen LogP contribution in [0.3, 0.4) is 0 Å². The van der Waals surface area contributed by atoms with Crippen molar-refractivity contribution >= 4 is 22.7 Å². The molecular weight excluding hydrogens is 344 g/mol. The number of nitrogens with zero attached hydrogens (tertiary/aromatic N) is 2. The molecule has 0 aliphatic carbocycles. The lowest BCUT2D eigenvalue weighted by Gasteiger charge is -2.21. The lowest BCUT2D eigenvalue weighted by atomic mass is 10.1. The standard InChI is InChI=1S/C20H26N4O3/c1-14-4-2-10-24(14)19(25)13-23-20(26)16-7-9-22-18-6-5-15(12-17(16)18)27-11-3-8-21/h5-7,9,12,14H,2-4,8,10-11,13,21H2,1H3,(H,23,26)/t14-/m1/s1. The van der Waals surface area contributed by atoms with E-state index in [1.54, 1.807) is 18.3 Å². The van der Waals surface area contributed by atoms with Crippen LogP contribution < -0.4 is 15.8 Å². The minimum atomic E-state index is -0.290. The number of carbonyl (C=O) groups excluding carboxylic acids is 2. The van der Waals surface area contributed by atoms with Gasteiger partial charge >= 0.3 is 0 Å². The lowest BCUT2D eigenvalue weighted by molar-refractivity contribution is -0.130. The number of nitrogens with one attached hydrogen (secondary N) is 1. The predicted octanol–water partition coefficient (Wildman–Crippen LogP) is 1.70. The summed E-state index contributed by atoms with van der Waals surface area (Å²) in [6.07, 6.45) is 4.39. The molecule has 7 heteroatoms. The number of hydrogen-bond acceptors (Lipinski definition) is 5. The van der Waals surface area contributed by atoms with E-state index < -0.39 is 0 Å². The highest BCUT2D eigenvalue weighted by Gasteiger charge is 2.25. The Hall–Kier alpha value is -2.67.